The van der Waals surface area contributed by atoms with Crippen LogP contribution in [0.5, 0.6) is 0 Å². The molecule has 18 heavy (non-hydrogen) atoms. The number of hydrogen-bond donors (Lipinski definition) is 2. The minimum atomic E-state index is -0.716. The van der Waals surface area contributed by atoms with Gasteiger partial charge in [0, 0.05) is 12.7 Å². The van der Waals surface area contributed by atoms with Crippen LogP contribution < -0.4 is 11.1 Å². The van der Waals surface area contributed by atoms with E-state index in [1.54, 1.807) is 26.1 Å². The van der Waals surface area contributed by atoms with Crippen LogP contribution in [-0.2, 0) is 16.1 Å². The van der Waals surface area contributed by atoms with Gasteiger partial charge in [-0.25, -0.2) is 4.98 Å². The number of imide groups is 1. The molecule has 0 spiro atoms. The number of carbonyl (C=O) groups is 2. The molecule has 2 heterocycles. The van der Waals surface area contributed by atoms with Crippen molar-refractivity contribution in [3.63, 3.8) is 0 Å². The van der Waals surface area contributed by atoms with E-state index in [0.717, 1.165) is 5.56 Å². The second kappa shape index (κ2) is 4.38. The fourth-order valence-electron chi connectivity index (χ4n) is 1.90. The number of carbonyl (C=O) groups excluding carboxylic acids is 2. The zero-order chi connectivity index (χ0) is 13.3. The first kappa shape index (κ1) is 12.5. The Morgan fingerprint density at radius 1 is 1.50 bits per heavy atom. The minimum absolute atomic E-state index is 0.195. The summed E-state index contributed by atoms with van der Waals surface area (Å²) in [4.78, 5) is 28.9. The molecule has 0 radical (unpaired) electrons. The Labute approximate surface area is 105 Å². The molecule has 96 valence electrons. The number of hydrogen-bond acceptors (Lipinski definition) is 5. The maximum absolute atomic E-state index is 11.8. The molecule has 0 bridgehead atoms. The highest BCUT2D eigenvalue weighted by Crippen LogP contribution is 2.21. The van der Waals surface area contributed by atoms with Gasteiger partial charge >= 0.3 is 0 Å². The van der Waals surface area contributed by atoms with E-state index in [1.165, 1.54) is 0 Å². The van der Waals surface area contributed by atoms with Crippen LogP contribution in [0.2, 0.25) is 0 Å². The lowest BCUT2D eigenvalue weighted by Crippen LogP contribution is -2.63. The lowest BCUT2D eigenvalue weighted by molar-refractivity contribution is -0.145. The van der Waals surface area contributed by atoms with Crippen molar-refractivity contribution >= 4 is 17.6 Å². The van der Waals surface area contributed by atoms with Crippen molar-refractivity contribution in [2.75, 3.05) is 12.3 Å². The van der Waals surface area contributed by atoms with E-state index in [1.807, 2.05) is 11.0 Å². The number of nitrogens with one attached hydrogen (secondary N) is 1. The van der Waals surface area contributed by atoms with Crippen molar-refractivity contribution in [3.8, 4) is 0 Å². The summed E-state index contributed by atoms with van der Waals surface area (Å²) in [6.45, 7) is 4.26. The van der Waals surface area contributed by atoms with Gasteiger partial charge in [0.2, 0.25) is 11.8 Å². The van der Waals surface area contributed by atoms with Crippen LogP contribution in [0.3, 0.4) is 0 Å². The third-order valence-corrected chi connectivity index (χ3v) is 3.15. The van der Waals surface area contributed by atoms with Crippen molar-refractivity contribution in [2.24, 2.45) is 0 Å². The zero-order valence-electron chi connectivity index (χ0n) is 10.4. The predicted octanol–water partition coefficient (Wildman–Crippen LogP) is -0.0992. The number of anilines is 1. The maximum Gasteiger partial charge on any atom is 0.246 e. The van der Waals surface area contributed by atoms with Gasteiger partial charge in [0.1, 0.15) is 5.82 Å². The quantitative estimate of drug-likeness (QED) is 0.714. The Hall–Kier alpha value is -1.95. The minimum Gasteiger partial charge on any atom is -0.384 e. The van der Waals surface area contributed by atoms with Gasteiger partial charge in [-0.2, -0.15) is 0 Å². The number of rotatable bonds is 2. The number of pyridine rings is 1. The van der Waals surface area contributed by atoms with E-state index in [9.17, 15) is 9.59 Å². The highest BCUT2D eigenvalue weighted by molar-refractivity contribution is 6.02. The molecule has 0 aromatic carbocycles. The largest absolute Gasteiger partial charge is 0.384 e. The molecule has 0 unspecified atom stereocenters. The first-order valence-electron chi connectivity index (χ1n) is 5.69. The van der Waals surface area contributed by atoms with Crippen LogP contribution in [0.15, 0.2) is 18.3 Å². The van der Waals surface area contributed by atoms with Gasteiger partial charge in [0.25, 0.3) is 0 Å². The van der Waals surface area contributed by atoms with Gasteiger partial charge in [-0.05, 0) is 31.5 Å². The van der Waals surface area contributed by atoms with Crippen LogP contribution in [0.1, 0.15) is 19.4 Å². The van der Waals surface area contributed by atoms with Crippen molar-refractivity contribution in [1.29, 1.82) is 0 Å². The average Bonchev–Trinajstić information content (AvgIpc) is 2.26. The van der Waals surface area contributed by atoms with Gasteiger partial charge in [0.15, 0.2) is 0 Å². The maximum atomic E-state index is 11.8. The fraction of sp³-hybridized carbons (Fsp3) is 0.417. The Balaban J connectivity index is 2.21. The molecule has 0 atom stereocenters. The summed E-state index contributed by atoms with van der Waals surface area (Å²) in [6, 6.07) is 3.57. The smallest absolute Gasteiger partial charge is 0.246 e. The normalized spacial score (nSPS) is 19.7. The molecule has 1 aromatic heterocycles. The third kappa shape index (κ3) is 2.33. The van der Waals surface area contributed by atoms with Gasteiger partial charge in [-0.3, -0.25) is 19.8 Å². The van der Waals surface area contributed by atoms with E-state index in [-0.39, 0.29) is 18.4 Å². The van der Waals surface area contributed by atoms with Crippen molar-refractivity contribution in [2.45, 2.75) is 25.9 Å². The van der Waals surface area contributed by atoms with Gasteiger partial charge in [-0.15, -0.1) is 0 Å². The highest BCUT2D eigenvalue weighted by atomic mass is 16.2. The second-order valence-corrected chi connectivity index (χ2v) is 4.88. The summed E-state index contributed by atoms with van der Waals surface area (Å²) in [5, 5.41) is 2.34. The molecule has 6 heteroatoms. The molecular formula is C12H16N4O2. The molecule has 6 nitrogen and oxygen atoms in total. The van der Waals surface area contributed by atoms with Crippen LogP contribution >= 0.6 is 0 Å². The molecule has 1 aliphatic heterocycles. The number of nitrogens with zero attached hydrogens (tertiary/aromatic N) is 2. The van der Waals surface area contributed by atoms with Crippen molar-refractivity contribution in [1.82, 2.24) is 15.2 Å². The topological polar surface area (TPSA) is 88.3 Å². The zero-order valence-corrected chi connectivity index (χ0v) is 10.4. The van der Waals surface area contributed by atoms with Crippen molar-refractivity contribution < 1.29 is 9.59 Å². The average molecular weight is 248 g/mol. The molecule has 1 aliphatic rings. The molecular weight excluding hydrogens is 232 g/mol. The lowest BCUT2D eigenvalue weighted by Gasteiger charge is -2.40. The predicted molar refractivity (Wildman–Crippen MR) is 66.3 cm³/mol. The third-order valence-electron chi connectivity index (χ3n) is 3.15. The number of nitrogen functional groups attached to an aromatic ring is 1. The van der Waals surface area contributed by atoms with Gasteiger partial charge in [-0.1, -0.05) is 0 Å². The molecule has 2 rings (SSSR count). The van der Waals surface area contributed by atoms with Gasteiger partial charge < -0.3 is 5.73 Å². The SMILES string of the molecule is CC1(C)C(=O)NC(=O)CN1Cc1ccnc(N)c1. The Bertz CT molecular complexity index is 499. The second-order valence-electron chi connectivity index (χ2n) is 4.88. The summed E-state index contributed by atoms with van der Waals surface area (Å²) in [5.74, 6) is -0.125. The highest BCUT2D eigenvalue weighted by Gasteiger charge is 2.40. The molecule has 1 fully saturated rings. The Morgan fingerprint density at radius 3 is 2.89 bits per heavy atom. The van der Waals surface area contributed by atoms with Crippen LogP contribution in [-0.4, -0.2) is 33.8 Å². The molecule has 2 amide bonds. The van der Waals surface area contributed by atoms with E-state index < -0.39 is 5.54 Å². The molecule has 3 N–H and O–H groups in total. The van der Waals surface area contributed by atoms with E-state index >= 15 is 0 Å². The van der Waals surface area contributed by atoms with E-state index in [2.05, 4.69) is 10.3 Å². The molecule has 0 saturated carbocycles. The summed E-state index contributed by atoms with van der Waals surface area (Å²) in [5.41, 5.74) is 5.82. The fourth-order valence-corrected chi connectivity index (χ4v) is 1.90. The first-order valence-corrected chi connectivity index (χ1v) is 5.69. The number of nitrogens with two attached hydrogens (primary N) is 1. The standard InChI is InChI=1S/C12H16N4O2/c1-12(2)11(18)15-10(17)7-16(12)6-8-3-4-14-9(13)5-8/h3-5H,6-7H2,1-2H3,(H2,13,14)(H,15,17,18). The van der Waals surface area contributed by atoms with Crippen molar-refractivity contribution in [3.05, 3.63) is 23.9 Å². The van der Waals surface area contributed by atoms with E-state index in [0.29, 0.717) is 12.4 Å². The lowest BCUT2D eigenvalue weighted by atomic mass is 9.98. The Morgan fingerprint density at radius 2 is 2.22 bits per heavy atom. The first-order chi connectivity index (χ1) is 8.39. The summed E-state index contributed by atoms with van der Waals surface area (Å²) < 4.78 is 0. The summed E-state index contributed by atoms with van der Waals surface area (Å²) >= 11 is 0. The number of piperazine rings is 1. The molecule has 0 aliphatic carbocycles. The van der Waals surface area contributed by atoms with Crippen LogP contribution in [0.25, 0.3) is 0 Å². The molecule has 1 aromatic rings. The summed E-state index contributed by atoms with van der Waals surface area (Å²) in [6.07, 6.45) is 1.61. The van der Waals surface area contributed by atoms with Crippen LogP contribution in [0.4, 0.5) is 5.82 Å². The Kier molecular flexibility index (Phi) is 3.04. The van der Waals surface area contributed by atoms with E-state index in [4.69, 9.17) is 5.73 Å². The van der Waals surface area contributed by atoms with Gasteiger partial charge in [0.05, 0.1) is 12.1 Å². The number of aromatic nitrogens is 1. The number of amides is 2. The monoisotopic (exact) mass is 248 g/mol. The van der Waals surface area contributed by atoms with Crippen LogP contribution in [0, 0.1) is 0 Å². The summed E-state index contributed by atoms with van der Waals surface area (Å²) in [7, 11) is 0. The molecule has 1 saturated heterocycles.